The van der Waals surface area contributed by atoms with Gasteiger partial charge in [0.1, 0.15) is 0 Å². The fourth-order valence-electron chi connectivity index (χ4n) is 5.43. The highest BCUT2D eigenvalue weighted by atomic mass is 16.4. The van der Waals surface area contributed by atoms with E-state index in [-0.39, 0.29) is 18.1 Å². The SMILES string of the molecule is O=C(O)CCCNc1cc(N2CCN(C(=O)c3ccco3)CC2)c2c3c1C(=O)c1ccccc1C=3CN=2. The van der Waals surface area contributed by atoms with Crippen LogP contribution in [0.4, 0.5) is 11.4 Å². The fraction of sp³-hybridized carbons (Fsp3) is 0.286. The summed E-state index contributed by atoms with van der Waals surface area (Å²) in [4.78, 5) is 46.3. The number of nitrogens with one attached hydrogen (secondary N) is 1. The number of hydrogen-bond donors (Lipinski definition) is 2. The van der Waals surface area contributed by atoms with Crippen LogP contribution in [0.2, 0.25) is 0 Å². The van der Waals surface area contributed by atoms with Crippen LogP contribution in [0, 0.1) is 0 Å². The summed E-state index contributed by atoms with van der Waals surface area (Å²) < 4.78 is 5.28. The highest BCUT2D eigenvalue weighted by Gasteiger charge is 2.32. The lowest BCUT2D eigenvalue weighted by atomic mass is 9.85. The molecular formula is C28H26N4O5. The Morgan fingerprint density at radius 3 is 2.57 bits per heavy atom. The van der Waals surface area contributed by atoms with E-state index in [1.54, 1.807) is 17.0 Å². The normalized spacial score (nSPS) is 15.8. The third kappa shape index (κ3) is 3.96. The summed E-state index contributed by atoms with van der Waals surface area (Å²) in [6.07, 6.45) is 1.99. The average molecular weight is 499 g/mol. The van der Waals surface area contributed by atoms with Crippen molar-refractivity contribution in [1.82, 2.24) is 4.90 Å². The summed E-state index contributed by atoms with van der Waals surface area (Å²) in [6, 6.07) is 13.0. The zero-order chi connectivity index (χ0) is 25.5. The number of furan rings is 1. The molecule has 1 aliphatic carbocycles. The molecule has 1 amide bonds. The molecule has 37 heavy (non-hydrogen) atoms. The average Bonchev–Trinajstić information content (AvgIpc) is 3.61. The highest BCUT2D eigenvalue weighted by Crippen LogP contribution is 2.31. The van der Waals surface area contributed by atoms with Crippen LogP contribution in [-0.4, -0.2) is 66.9 Å². The van der Waals surface area contributed by atoms with Crippen molar-refractivity contribution in [1.29, 1.82) is 0 Å². The van der Waals surface area contributed by atoms with Gasteiger partial charge >= 0.3 is 5.97 Å². The van der Waals surface area contributed by atoms with Gasteiger partial charge in [0, 0.05) is 55.6 Å². The van der Waals surface area contributed by atoms with Gasteiger partial charge in [0.2, 0.25) is 0 Å². The fourth-order valence-corrected chi connectivity index (χ4v) is 5.43. The number of rotatable bonds is 7. The van der Waals surface area contributed by atoms with Crippen molar-refractivity contribution in [3.63, 3.8) is 0 Å². The highest BCUT2D eigenvalue weighted by molar-refractivity contribution is 6.17. The Hall–Kier alpha value is -4.40. The first-order valence-corrected chi connectivity index (χ1v) is 12.4. The molecule has 1 aromatic heterocycles. The number of fused-ring (bicyclic) bond motifs is 2. The topological polar surface area (TPSA) is 115 Å². The van der Waals surface area contributed by atoms with Gasteiger partial charge in [-0.25, -0.2) is 0 Å². The molecule has 1 fully saturated rings. The minimum Gasteiger partial charge on any atom is -0.481 e. The number of nitrogens with zero attached hydrogens (tertiary/aromatic N) is 3. The van der Waals surface area contributed by atoms with Gasteiger partial charge < -0.3 is 24.6 Å². The van der Waals surface area contributed by atoms with Crippen LogP contribution in [0.15, 0.2) is 58.1 Å². The number of carboxylic acids is 1. The third-order valence-corrected chi connectivity index (χ3v) is 7.22. The molecule has 3 aromatic rings. The molecule has 188 valence electrons. The van der Waals surface area contributed by atoms with Crippen molar-refractivity contribution < 1.29 is 23.9 Å². The number of aliphatic carboxylic acids is 1. The van der Waals surface area contributed by atoms with Crippen LogP contribution < -0.4 is 20.8 Å². The number of ketones is 1. The van der Waals surface area contributed by atoms with Crippen LogP contribution in [0.3, 0.4) is 0 Å². The number of amides is 1. The van der Waals surface area contributed by atoms with Crippen LogP contribution in [0.25, 0.3) is 5.57 Å². The Labute approximate surface area is 212 Å². The monoisotopic (exact) mass is 498 g/mol. The summed E-state index contributed by atoms with van der Waals surface area (Å²) in [6.45, 7) is 3.24. The maximum atomic E-state index is 13.7. The molecule has 9 nitrogen and oxygen atoms in total. The van der Waals surface area contributed by atoms with E-state index in [4.69, 9.17) is 14.5 Å². The lowest BCUT2D eigenvalue weighted by Gasteiger charge is -2.36. The lowest BCUT2D eigenvalue weighted by molar-refractivity contribution is -0.137. The minimum absolute atomic E-state index is 0.0474. The molecule has 3 aliphatic rings. The molecule has 6 rings (SSSR count). The molecule has 9 heteroatoms. The smallest absolute Gasteiger partial charge is 0.303 e. The van der Waals surface area contributed by atoms with Gasteiger partial charge in [0.15, 0.2) is 11.5 Å². The van der Waals surface area contributed by atoms with Gasteiger partial charge in [-0.3, -0.25) is 19.4 Å². The Morgan fingerprint density at radius 1 is 1.05 bits per heavy atom. The molecule has 2 aromatic carbocycles. The predicted octanol–water partition coefficient (Wildman–Crippen LogP) is 1.90. The number of hydrogen-bond acceptors (Lipinski definition) is 7. The van der Waals surface area contributed by atoms with Crippen LogP contribution in [0.5, 0.6) is 0 Å². The quantitative estimate of drug-likeness (QED) is 0.478. The summed E-state index contributed by atoms with van der Waals surface area (Å²) >= 11 is 0. The third-order valence-electron chi connectivity index (χ3n) is 7.22. The standard InChI is InChI=1S/C28H26N4O5/c33-23(34)8-3-9-29-20-15-21(31-10-12-32(13-11-31)28(36)22-7-4-14-37-22)26-24-19(16-30-26)17-5-1-2-6-18(17)27(35)25(20)24/h1-2,4-7,14-15,29H,3,8-13,16H2,(H,33,34). The molecule has 3 heterocycles. The van der Waals surface area contributed by atoms with Gasteiger partial charge in [-0.15, -0.1) is 0 Å². The van der Waals surface area contributed by atoms with Crippen molar-refractivity contribution in [3.8, 4) is 0 Å². The van der Waals surface area contributed by atoms with E-state index in [9.17, 15) is 14.4 Å². The lowest BCUT2D eigenvalue weighted by Crippen LogP contribution is -2.51. The molecule has 0 spiro atoms. The van der Waals surface area contributed by atoms with E-state index in [1.165, 1.54) is 6.26 Å². The van der Waals surface area contributed by atoms with Crippen molar-refractivity contribution in [2.45, 2.75) is 12.8 Å². The summed E-state index contributed by atoms with van der Waals surface area (Å²) in [5.41, 5.74) is 4.86. The van der Waals surface area contributed by atoms with E-state index >= 15 is 0 Å². The number of anilines is 2. The second-order valence-electron chi connectivity index (χ2n) is 9.39. The van der Waals surface area contributed by atoms with Gasteiger partial charge in [0.25, 0.3) is 5.91 Å². The zero-order valence-corrected chi connectivity index (χ0v) is 20.2. The first-order chi connectivity index (χ1) is 18.0. The second kappa shape index (κ2) is 9.24. The Kier molecular flexibility index (Phi) is 5.75. The first-order valence-electron chi connectivity index (χ1n) is 12.4. The predicted molar refractivity (Wildman–Crippen MR) is 137 cm³/mol. The van der Waals surface area contributed by atoms with Crippen LogP contribution in [-0.2, 0) is 4.79 Å². The summed E-state index contributed by atoms with van der Waals surface area (Å²) in [5, 5.41) is 14.1. The number of benzene rings is 2. The zero-order valence-electron chi connectivity index (χ0n) is 20.2. The van der Waals surface area contributed by atoms with E-state index in [0.717, 1.165) is 27.4 Å². The van der Waals surface area contributed by atoms with Crippen molar-refractivity contribution in [3.05, 3.63) is 81.8 Å². The summed E-state index contributed by atoms with van der Waals surface area (Å²) in [5.74, 6) is -0.684. The molecule has 0 saturated carbocycles. The van der Waals surface area contributed by atoms with E-state index < -0.39 is 5.97 Å². The van der Waals surface area contributed by atoms with Gasteiger partial charge in [-0.1, -0.05) is 24.3 Å². The molecule has 0 unspecified atom stereocenters. The second-order valence-corrected chi connectivity index (χ2v) is 9.39. The number of piperazine rings is 1. The largest absolute Gasteiger partial charge is 0.481 e. The van der Waals surface area contributed by atoms with Gasteiger partial charge in [-0.2, -0.15) is 0 Å². The van der Waals surface area contributed by atoms with E-state index in [0.29, 0.717) is 68.3 Å². The molecule has 2 aliphatic heterocycles. The van der Waals surface area contributed by atoms with Gasteiger partial charge in [0.05, 0.1) is 29.4 Å². The maximum absolute atomic E-state index is 13.7. The van der Waals surface area contributed by atoms with Crippen LogP contribution >= 0.6 is 0 Å². The molecule has 0 bridgehead atoms. The van der Waals surface area contributed by atoms with Crippen molar-refractivity contribution >= 4 is 34.6 Å². The first kappa shape index (κ1) is 23.0. The Bertz CT molecular complexity index is 1540. The number of carbonyl (C=O) groups is 3. The molecular weight excluding hydrogens is 472 g/mol. The molecule has 0 atom stereocenters. The Morgan fingerprint density at radius 2 is 1.84 bits per heavy atom. The van der Waals surface area contributed by atoms with Crippen molar-refractivity contribution in [2.75, 3.05) is 49.5 Å². The molecule has 2 N–H and O–H groups in total. The maximum Gasteiger partial charge on any atom is 0.303 e. The van der Waals surface area contributed by atoms with Gasteiger partial charge in [-0.05, 0) is 35.8 Å². The van der Waals surface area contributed by atoms with Crippen LogP contribution in [0.1, 0.15) is 44.9 Å². The van der Waals surface area contributed by atoms with Crippen molar-refractivity contribution in [2.24, 2.45) is 4.99 Å². The van der Waals surface area contributed by atoms with E-state index in [1.807, 2.05) is 30.3 Å². The number of carbonyl (C=O) groups excluding carboxylic acids is 2. The Balaban J connectivity index is 1.37. The number of carboxylic acid groups (broad SMARTS) is 1. The molecule has 1 saturated heterocycles. The molecule has 0 radical (unpaired) electrons. The summed E-state index contributed by atoms with van der Waals surface area (Å²) in [7, 11) is 0. The minimum atomic E-state index is -0.848. The van der Waals surface area contributed by atoms with E-state index in [2.05, 4.69) is 10.2 Å².